The number of nitrogens with zero attached hydrogens (tertiary/aromatic N) is 2. The number of amides is 1. The van der Waals surface area contributed by atoms with Crippen molar-refractivity contribution in [1.82, 2.24) is 9.88 Å². The van der Waals surface area contributed by atoms with Crippen LogP contribution in [0.3, 0.4) is 0 Å². The number of hydrogen-bond donors (Lipinski definition) is 1. The van der Waals surface area contributed by atoms with Gasteiger partial charge in [-0.05, 0) is 48.0 Å². The third-order valence-corrected chi connectivity index (χ3v) is 5.44. The number of methoxy groups -OCH3 is 1. The Kier molecular flexibility index (Phi) is 5.92. The van der Waals surface area contributed by atoms with Crippen LogP contribution in [-0.4, -0.2) is 33.8 Å². The van der Waals surface area contributed by atoms with Crippen LogP contribution in [0.4, 0.5) is 4.39 Å². The first kappa shape index (κ1) is 21.5. The number of carbonyl (C=O) groups excluding carboxylic acids is 2. The predicted octanol–water partition coefficient (Wildman–Crippen LogP) is 4.50. The number of aromatic nitrogens is 1. The SMILES string of the molecule is COc1ccc(Cl)cc1/C(O)=C1\C(=O)C(=O)N(Cc2ccccn2)C1c1ccc(F)cc1. The molecule has 1 fully saturated rings. The highest BCUT2D eigenvalue weighted by Gasteiger charge is 2.46. The summed E-state index contributed by atoms with van der Waals surface area (Å²) >= 11 is 6.09. The molecule has 2 heterocycles. The van der Waals surface area contributed by atoms with E-state index in [-0.39, 0.29) is 23.4 Å². The molecule has 1 aliphatic rings. The van der Waals surface area contributed by atoms with Crippen molar-refractivity contribution in [1.29, 1.82) is 0 Å². The largest absolute Gasteiger partial charge is 0.507 e. The van der Waals surface area contributed by atoms with Gasteiger partial charge >= 0.3 is 0 Å². The summed E-state index contributed by atoms with van der Waals surface area (Å²) in [6.45, 7) is 0.0247. The molecule has 3 aromatic rings. The number of benzene rings is 2. The molecular formula is C24H18ClFN2O4. The highest BCUT2D eigenvalue weighted by molar-refractivity contribution is 6.46. The Labute approximate surface area is 188 Å². The van der Waals surface area contributed by atoms with Crippen molar-refractivity contribution in [3.8, 4) is 5.75 Å². The molecule has 0 saturated carbocycles. The first-order valence-electron chi connectivity index (χ1n) is 9.68. The maximum Gasteiger partial charge on any atom is 0.296 e. The Morgan fingerprint density at radius 2 is 1.91 bits per heavy atom. The number of likely N-dealkylation sites (tertiary alicyclic amines) is 1. The smallest absolute Gasteiger partial charge is 0.296 e. The molecule has 1 aliphatic heterocycles. The van der Waals surface area contributed by atoms with Crippen LogP contribution < -0.4 is 4.74 Å². The summed E-state index contributed by atoms with van der Waals surface area (Å²) in [5.41, 5.74) is 1.05. The number of ether oxygens (including phenoxy) is 1. The molecule has 1 amide bonds. The van der Waals surface area contributed by atoms with Crippen molar-refractivity contribution >= 4 is 29.1 Å². The summed E-state index contributed by atoms with van der Waals surface area (Å²) in [7, 11) is 1.41. The van der Waals surface area contributed by atoms with Gasteiger partial charge in [-0.2, -0.15) is 0 Å². The molecule has 1 atom stereocenters. The van der Waals surface area contributed by atoms with Crippen LogP contribution in [0.25, 0.3) is 5.76 Å². The summed E-state index contributed by atoms with van der Waals surface area (Å²) in [5.74, 6) is -2.28. The zero-order chi connectivity index (χ0) is 22.8. The molecule has 0 aliphatic carbocycles. The zero-order valence-corrected chi connectivity index (χ0v) is 17.7. The molecule has 162 valence electrons. The highest BCUT2D eigenvalue weighted by atomic mass is 35.5. The molecular weight excluding hydrogens is 435 g/mol. The molecule has 0 spiro atoms. The van der Waals surface area contributed by atoms with Crippen molar-refractivity contribution in [2.24, 2.45) is 0 Å². The predicted molar refractivity (Wildman–Crippen MR) is 116 cm³/mol. The van der Waals surface area contributed by atoms with Gasteiger partial charge in [0.05, 0.1) is 36.5 Å². The minimum atomic E-state index is -0.957. The Morgan fingerprint density at radius 1 is 1.16 bits per heavy atom. The normalized spacial score (nSPS) is 17.6. The first-order valence-corrected chi connectivity index (χ1v) is 10.1. The van der Waals surface area contributed by atoms with Gasteiger partial charge in [0.15, 0.2) is 0 Å². The van der Waals surface area contributed by atoms with E-state index in [2.05, 4.69) is 4.98 Å². The second-order valence-corrected chi connectivity index (χ2v) is 7.58. The second-order valence-electron chi connectivity index (χ2n) is 7.14. The number of ketones is 1. The summed E-state index contributed by atoms with van der Waals surface area (Å²) in [6, 6.07) is 14.3. The number of aliphatic hydroxyl groups is 1. The first-order chi connectivity index (χ1) is 15.4. The van der Waals surface area contributed by atoms with Crippen molar-refractivity contribution in [3.63, 3.8) is 0 Å². The molecule has 6 nitrogen and oxygen atoms in total. The van der Waals surface area contributed by atoms with Gasteiger partial charge in [0, 0.05) is 11.2 Å². The van der Waals surface area contributed by atoms with E-state index >= 15 is 0 Å². The maximum atomic E-state index is 13.6. The minimum Gasteiger partial charge on any atom is -0.507 e. The van der Waals surface area contributed by atoms with E-state index < -0.39 is 29.3 Å². The van der Waals surface area contributed by atoms with Gasteiger partial charge in [0.2, 0.25) is 0 Å². The van der Waals surface area contributed by atoms with E-state index in [1.54, 1.807) is 36.5 Å². The average molecular weight is 453 g/mol. The Bertz CT molecular complexity index is 1210. The van der Waals surface area contributed by atoms with E-state index in [0.717, 1.165) is 0 Å². The van der Waals surface area contributed by atoms with Gasteiger partial charge in [-0.15, -0.1) is 0 Å². The fourth-order valence-corrected chi connectivity index (χ4v) is 3.88. The van der Waals surface area contributed by atoms with E-state index in [1.807, 2.05) is 0 Å². The van der Waals surface area contributed by atoms with Gasteiger partial charge in [-0.1, -0.05) is 29.8 Å². The van der Waals surface area contributed by atoms with Gasteiger partial charge in [-0.25, -0.2) is 4.39 Å². The van der Waals surface area contributed by atoms with Crippen LogP contribution in [0.15, 0.2) is 72.4 Å². The number of hydrogen-bond acceptors (Lipinski definition) is 5. The second kappa shape index (κ2) is 8.80. The molecule has 1 saturated heterocycles. The van der Waals surface area contributed by atoms with Gasteiger partial charge in [-0.3, -0.25) is 14.6 Å². The number of Topliss-reactive ketones (excluding diaryl/α,β-unsaturated/α-hetero) is 1. The highest BCUT2D eigenvalue weighted by Crippen LogP contribution is 2.42. The van der Waals surface area contributed by atoms with E-state index in [4.69, 9.17) is 16.3 Å². The number of carbonyl (C=O) groups is 2. The monoisotopic (exact) mass is 452 g/mol. The van der Waals surface area contributed by atoms with Gasteiger partial charge in [0.1, 0.15) is 17.3 Å². The maximum absolute atomic E-state index is 13.6. The molecule has 2 aromatic carbocycles. The summed E-state index contributed by atoms with van der Waals surface area (Å²) in [4.78, 5) is 31.6. The summed E-state index contributed by atoms with van der Waals surface area (Å²) in [5, 5.41) is 11.5. The van der Waals surface area contributed by atoms with Crippen LogP contribution in [-0.2, 0) is 16.1 Å². The summed E-state index contributed by atoms with van der Waals surface area (Å²) < 4.78 is 18.9. The standard InChI is InChI=1S/C24H18ClFN2O4/c1-32-19-10-7-15(25)12-18(19)22(29)20-21(14-5-8-16(26)9-6-14)28(24(31)23(20)30)13-17-4-2-3-11-27-17/h2-12,21,29H,13H2,1H3/b22-20+. The lowest BCUT2D eigenvalue weighted by Crippen LogP contribution is -2.29. The Balaban J connectivity index is 1.91. The van der Waals surface area contributed by atoms with Gasteiger partial charge < -0.3 is 14.7 Å². The number of pyridine rings is 1. The number of aliphatic hydroxyl groups excluding tert-OH is 1. The third-order valence-electron chi connectivity index (χ3n) is 5.20. The topological polar surface area (TPSA) is 79.7 Å². The van der Waals surface area contributed by atoms with Crippen LogP contribution in [0.1, 0.15) is 22.9 Å². The fourth-order valence-electron chi connectivity index (χ4n) is 3.71. The quantitative estimate of drug-likeness (QED) is 0.350. The Hall–Kier alpha value is -3.71. The van der Waals surface area contributed by atoms with Crippen molar-refractivity contribution in [2.75, 3.05) is 7.11 Å². The molecule has 1 unspecified atom stereocenters. The van der Waals surface area contributed by atoms with Gasteiger partial charge in [0.25, 0.3) is 11.7 Å². The molecule has 32 heavy (non-hydrogen) atoms. The van der Waals surface area contributed by atoms with Crippen LogP contribution >= 0.6 is 11.6 Å². The molecule has 1 aromatic heterocycles. The molecule has 0 radical (unpaired) electrons. The van der Waals surface area contributed by atoms with E-state index in [9.17, 15) is 19.1 Å². The number of rotatable bonds is 5. The van der Waals surface area contributed by atoms with Crippen LogP contribution in [0, 0.1) is 5.82 Å². The van der Waals surface area contributed by atoms with Crippen molar-refractivity contribution in [2.45, 2.75) is 12.6 Å². The zero-order valence-electron chi connectivity index (χ0n) is 17.0. The number of halogens is 2. The Morgan fingerprint density at radius 3 is 2.56 bits per heavy atom. The van der Waals surface area contributed by atoms with Crippen molar-refractivity contribution < 1.29 is 23.8 Å². The molecule has 8 heteroatoms. The fraction of sp³-hybridized carbons (Fsp3) is 0.125. The van der Waals surface area contributed by atoms with Crippen molar-refractivity contribution in [3.05, 3.63) is 100 Å². The van der Waals surface area contributed by atoms with E-state index in [1.165, 1.54) is 42.3 Å². The third kappa shape index (κ3) is 3.94. The average Bonchev–Trinajstić information content (AvgIpc) is 3.04. The van der Waals surface area contributed by atoms with E-state index in [0.29, 0.717) is 16.3 Å². The lowest BCUT2D eigenvalue weighted by Gasteiger charge is -2.25. The molecule has 0 bridgehead atoms. The lowest BCUT2D eigenvalue weighted by atomic mass is 9.95. The lowest BCUT2D eigenvalue weighted by molar-refractivity contribution is -0.140. The minimum absolute atomic E-state index is 0.0247. The molecule has 4 rings (SSSR count). The summed E-state index contributed by atoms with van der Waals surface area (Å²) in [6.07, 6.45) is 1.58. The van der Waals surface area contributed by atoms with Crippen LogP contribution in [0.2, 0.25) is 5.02 Å². The van der Waals surface area contributed by atoms with Crippen LogP contribution in [0.5, 0.6) is 5.75 Å². The molecule has 1 N–H and O–H groups in total.